The van der Waals surface area contributed by atoms with E-state index in [9.17, 15) is 0 Å². The van der Waals surface area contributed by atoms with Crippen molar-refractivity contribution >= 4 is 0 Å². The van der Waals surface area contributed by atoms with E-state index in [4.69, 9.17) is 0 Å². The summed E-state index contributed by atoms with van der Waals surface area (Å²) in [6.07, 6.45) is 0. The predicted molar refractivity (Wildman–Crippen MR) is 54.9 cm³/mol. The van der Waals surface area contributed by atoms with Crippen molar-refractivity contribution in [3.05, 3.63) is 5.82 Å². The lowest BCUT2D eigenvalue weighted by Gasteiger charge is -2.13. The molecule has 1 heterocycles. The molecule has 0 saturated heterocycles. The van der Waals surface area contributed by atoms with E-state index in [0.29, 0.717) is 0 Å². The molecule has 1 aromatic rings. The normalized spacial score (nSPS) is 13.4. The highest BCUT2D eigenvalue weighted by Crippen LogP contribution is 2.10. The van der Waals surface area contributed by atoms with Gasteiger partial charge < -0.3 is 0 Å². The first-order valence-electron chi connectivity index (χ1n) is 4.99. The summed E-state index contributed by atoms with van der Waals surface area (Å²) < 4.78 is 1.96. The molecule has 80 valence electrons. The molecular formula is C10H21N4+. The molecule has 0 aliphatic rings. The molecule has 0 aliphatic heterocycles. The van der Waals surface area contributed by atoms with Crippen molar-refractivity contribution in [3.63, 3.8) is 0 Å². The third kappa shape index (κ3) is 2.11. The second-order valence-corrected chi connectivity index (χ2v) is 5.68. The molecule has 0 aromatic carbocycles. The van der Waals surface area contributed by atoms with Crippen LogP contribution in [0.4, 0.5) is 0 Å². The maximum atomic E-state index is 4.47. The molecule has 0 spiro atoms. The third-order valence-corrected chi connectivity index (χ3v) is 1.96. The quantitative estimate of drug-likeness (QED) is 0.589. The standard InChI is InChI=1S/C10H21N4/c1-8-11-14(10(5,6)7)12-13(8)9(2,3)4/h1-7H3/q+1. The first kappa shape index (κ1) is 11.1. The van der Waals surface area contributed by atoms with Gasteiger partial charge in [0, 0.05) is 6.92 Å². The largest absolute Gasteiger partial charge is 0.295 e. The van der Waals surface area contributed by atoms with E-state index in [-0.39, 0.29) is 11.1 Å². The Bertz CT molecular complexity index is 325. The summed E-state index contributed by atoms with van der Waals surface area (Å²) >= 11 is 0. The number of rotatable bonds is 0. The fourth-order valence-electron chi connectivity index (χ4n) is 1.25. The van der Waals surface area contributed by atoms with Gasteiger partial charge in [0.2, 0.25) is 0 Å². The van der Waals surface area contributed by atoms with Crippen molar-refractivity contribution in [1.29, 1.82) is 0 Å². The first-order chi connectivity index (χ1) is 6.12. The van der Waals surface area contributed by atoms with Crippen LogP contribution in [-0.2, 0) is 11.1 Å². The van der Waals surface area contributed by atoms with E-state index in [1.54, 1.807) is 4.80 Å². The molecule has 0 radical (unpaired) electrons. The maximum absolute atomic E-state index is 4.47. The van der Waals surface area contributed by atoms with Gasteiger partial charge in [0.25, 0.3) is 5.82 Å². The van der Waals surface area contributed by atoms with Gasteiger partial charge in [-0.05, 0) is 46.3 Å². The number of tetrazole rings is 1. The van der Waals surface area contributed by atoms with E-state index in [0.717, 1.165) is 5.82 Å². The molecule has 0 N–H and O–H groups in total. The van der Waals surface area contributed by atoms with Gasteiger partial charge in [-0.15, -0.1) is 4.68 Å². The summed E-state index contributed by atoms with van der Waals surface area (Å²) in [4.78, 5) is 1.77. The second kappa shape index (κ2) is 3.04. The Hall–Kier alpha value is -0.930. The fourth-order valence-corrected chi connectivity index (χ4v) is 1.25. The highest BCUT2D eigenvalue weighted by Gasteiger charge is 2.31. The van der Waals surface area contributed by atoms with Gasteiger partial charge in [0.05, 0.1) is 10.3 Å². The van der Waals surface area contributed by atoms with Crippen molar-refractivity contribution in [1.82, 2.24) is 15.1 Å². The zero-order chi connectivity index (χ0) is 11.1. The molecule has 0 fully saturated rings. The average molecular weight is 197 g/mol. The van der Waals surface area contributed by atoms with Gasteiger partial charge in [-0.25, -0.2) is 0 Å². The van der Waals surface area contributed by atoms with E-state index in [2.05, 4.69) is 51.9 Å². The monoisotopic (exact) mass is 197 g/mol. The molecule has 14 heavy (non-hydrogen) atoms. The molecule has 1 rings (SSSR count). The van der Waals surface area contributed by atoms with Gasteiger partial charge in [0.15, 0.2) is 0 Å². The minimum absolute atomic E-state index is 0.00637. The lowest BCUT2D eigenvalue weighted by Crippen LogP contribution is -2.54. The summed E-state index contributed by atoms with van der Waals surface area (Å²) in [5.74, 6) is 0.951. The molecular weight excluding hydrogens is 176 g/mol. The highest BCUT2D eigenvalue weighted by atomic mass is 15.7. The zero-order valence-electron chi connectivity index (χ0n) is 10.3. The van der Waals surface area contributed by atoms with E-state index < -0.39 is 0 Å². The Labute approximate surface area is 85.9 Å². The van der Waals surface area contributed by atoms with Gasteiger partial charge in [-0.2, -0.15) is 0 Å². The van der Waals surface area contributed by atoms with Crippen LogP contribution in [0.5, 0.6) is 0 Å². The molecule has 0 saturated carbocycles. The molecule has 0 unspecified atom stereocenters. The molecule has 0 amide bonds. The lowest BCUT2D eigenvalue weighted by molar-refractivity contribution is -0.812. The fraction of sp³-hybridized carbons (Fsp3) is 0.900. The third-order valence-electron chi connectivity index (χ3n) is 1.96. The first-order valence-corrected chi connectivity index (χ1v) is 4.99. The van der Waals surface area contributed by atoms with Crippen LogP contribution in [0.2, 0.25) is 0 Å². The Morgan fingerprint density at radius 2 is 1.57 bits per heavy atom. The SMILES string of the molecule is Cc1nn(C(C)(C)C)n[n+]1C(C)(C)C. The van der Waals surface area contributed by atoms with Gasteiger partial charge >= 0.3 is 0 Å². The van der Waals surface area contributed by atoms with Crippen LogP contribution in [-0.4, -0.2) is 15.1 Å². The summed E-state index contributed by atoms with van der Waals surface area (Å²) in [5.41, 5.74) is -0.0607. The number of hydrogen-bond acceptors (Lipinski definition) is 2. The van der Waals surface area contributed by atoms with E-state index >= 15 is 0 Å². The summed E-state index contributed by atoms with van der Waals surface area (Å²) in [7, 11) is 0. The van der Waals surface area contributed by atoms with Crippen LogP contribution in [0.3, 0.4) is 0 Å². The summed E-state index contributed by atoms with van der Waals surface area (Å²) in [5, 5.41) is 8.89. The number of aryl methyl sites for hydroxylation is 1. The van der Waals surface area contributed by atoms with Crippen molar-refractivity contribution in [2.45, 2.75) is 59.5 Å². The predicted octanol–water partition coefficient (Wildman–Crippen LogP) is 1.38. The van der Waals surface area contributed by atoms with Crippen molar-refractivity contribution in [2.24, 2.45) is 0 Å². The van der Waals surface area contributed by atoms with Gasteiger partial charge in [-0.1, -0.05) is 0 Å². The minimum Gasteiger partial charge on any atom is -0.132 e. The van der Waals surface area contributed by atoms with Gasteiger partial charge in [-0.3, -0.25) is 0 Å². The Balaban J connectivity index is 3.19. The minimum atomic E-state index is -0.0543. The van der Waals surface area contributed by atoms with Crippen LogP contribution < -0.4 is 4.68 Å². The van der Waals surface area contributed by atoms with E-state index in [1.807, 2.05) is 11.6 Å². The Kier molecular flexibility index (Phi) is 2.42. The van der Waals surface area contributed by atoms with Crippen LogP contribution >= 0.6 is 0 Å². The van der Waals surface area contributed by atoms with Crippen LogP contribution in [0.25, 0.3) is 0 Å². The Morgan fingerprint density at radius 1 is 1.07 bits per heavy atom. The average Bonchev–Trinajstić information content (AvgIpc) is 2.27. The summed E-state index contributed by atoms with van der Waals surface area (Å²) in [6.45, 7) is 14.7. The molecule has 0 bridgehead atoms. The Morgan fingerprint density at radius 3 is 1.79 bits per heavy atom. The van der Waals surface area contributed by atoms with Crippen LogP contribution in [0.15, 0.2) is 0 Å². The molecule has 0 aliphatic carbocycles. The molecule has 4 nitrogen and oxygen atoms in total. The molecule has 0 atom stereocenters. The number of hydrogen-bond donors (Lipinski definition) is 0. The van der Waals surface area contributed by atoms with Crippen molar-refractivity contribution in [2.75, 3.05) is 0 Å². The molecule has 1 aromatic heterocycles. The zero-order valence-corrected chi connectivity index (χ0v) is 10.3. The van der Waals surface area contributed by atoms with E-state index in [1.165, 1.54) is 0 Å². The number of nitrogens with zero attached hydrogens (tertiary/aromatic N) is 4. The second-order valence-electron chi connectivity index (χ2n) is 5.68. The smallest absolute Gasteiger partial charge is 0.132 e. The topological polar surface area (TPSA) is 34.6 Å². The number of aromatic nitrogens is 4. The molecule has 4 heteroatoms. The van der Waals surface area contributed by atoms with Crippen LogP contribution in [0, 0.1) is 6.92 Å². The van der Waals surface area contributed by atoms with Crippen LogP contribution in [0.1, 0.15) is 47.4 Å². The highest BCUT2D eigenvalue weighted by molar-refractivity contribution is 4.68. The summed E-state index contributed by atoms with van der Waals surface area (Å²) in [6, 6.07) is 0. The van der Waals surface area contributed by atoms with Crippen molar-refractivity contribution < 1.29 is 4.68 Å². The van der Waals surface area contributed by atoms with Crippen molar-refractivity contribution in [3.8, 4) is 0 Å². The van der Waals surface area contributed by atoms with Gasteiger partial charge in [0.1, 0.15) is 11.1 Å². The maximum Gasteiger partial charge on any atom is 0.295 e. The lowest BCUT2D eigenvalue weighted by atomic mass is 10.1.